The van der Waals surface area contributed by atoms with Crippen LogP contribution in [0.4, 0.5) is 0 Å². The van der Waals surface area contributed by atoms with Crippen molar-refractivity contribution in [2.24, 2.45) is 0 Å². The van der Waals surface area contributed by atoms with Crippen molar-refractivity contribution in [3.05, 3.63) is 12.2 Å². The number of carbonyl (C=O) groups is 2. The molecule has 1 fully saturated rings. The lowest BCUT2D eigenvalue weighted by molar-refractivity contribution is -0.160. The fourth-order valence-electron chi connectivity index (χ4n) is 3.23. The summed E-state index contributed by atoms with van der Waals surface area (Å²) >= 11 is 0. The number of rotatable bonds is 18. The molecule has 3 atom stereocenters. The second-order valence-electron chi connectivity index (χ2n) is 7.82. The number of hydrogen-bond donors (Lipinski definition) is 1. The van der Waals surface area contributed by atoms with E-state index in [0.717, 1.165) is 38.5 Å². The van der Waals surface area contributed by atoms with E-state index in [9.17, 15) is 9.59 Å². The van der Waals surface area contributed by atoms with Gasteiger partial charge in [-0.15, -0.1) is 0 Å². The first-order chi connectivity index (χ1) is 14.1. The minimum absolute atomic E-state index is 0.0997. The highest BCUT2D eigenvalue weighted by Crippen LogP contribution is 2.30. The third-order valence-electron chi connectivity index (χ3n) is 5.04. The van der Waals surface area contributed by atoms with Gasteiger partial charge in [0.2, 0.25) is 0 Å². The van der Waals surface area contributed by atoms with Gasteiger partial charge in [-0.1, -0.05) is 57.6 Å². The number of allylic oxidation sites excluding steroid dienone is 1. The number of esters is 2. The zero-order valence-corrected chi connectivity index (χ0v) is 18.3. The Hall–Kier alpha value is -1.40. The van der Waals surface area contributed by atoms with Gasteiger partial charge in [0.15, 0.2) is 6.10 Å². The number of ether oxygens (including phenoxy) is 3. The SMILES string of the molecule is CCCCCC1OC1C/C=C\CCCCCCCC(=O)O[C@@H](CO)COC(C)=O. The highest BCUT2D eigenvalue weighted by atomic mass is 16.6. The van der Waals surface area contributed by atoms with E-state index in [-0.39, 0.29) is 19.2 Å². The Balaban J connectivity index is 1.89. The normalized spacial score (nSPS) is 19.3. The molecule has 0 spiro atoms. The van der Waals surface area contributed by atoms with E-state index in [1.54, 1.807) is 0 Å². The van der Waals surface area contributed by atoms with Gasteiger partial charge in [-0.05, 0) is 32.1 Å². The maximum atomic E-state index is 11.7. The van der Waals surface area contributed by atoms with E-state index in [0.29, 0.717) is 18.6 Å². The van der Waals surface area contributed by atoms with Gasteiger partial charge in [0.25, 0.3) is 0 Å². The highest BCUT2D eigenvalue weighted by Gasteiger charge is 2.36. The van der Waals surface area contributed by atoms with Crippen LogP contribution in [0.2, 0.25) is 0 Å². The van der Waals surface area contributed by atoms with Crippen molar-refractivity contribution in [3.8, 4) is 0 Å². The second-order valence-corrected chi connectivity index (χ2v) is 7.82. The van der Waals surface area contributed by atoms with Gasteiger partial charge in [-0.25, -0.2) is 0 Å². The maximum Gasteiger partial charge on any atom is 0.306 e. The van der Waals surface area contributed by atoms with Crippen molar-refractivity contribution in [1.82, 2.24) is 0 Å². The zero-order valence-electron chi connectivity index (χ0n) is 18.3. The third-order valence-corrected chi connectivity index (χ3v) is 5.04. The lowest BCUT2D eigenvalue weighted by atomic mass is 10.1. The first-order valence-electron chi connectivity index (χ1n) is 11.3. The Labute approximate surface area is 176 Å². The Morgan fingerprint density at radius 3 is 2.52 bits per heavy atom. The lowest BCUT2D eigenvalue weighted by Gasteiger charge is -2.15. The van der Waals surface area contributed by atoms with Crippen LogP contribution in [0.1, 0.15) is 90.9 Å². The molecule has 1 saturated heterocycles. The number of carbonyl (C=O) groups excluding carboxylic acids is 2. The summed E-state index contributed by atoms with van der Waals surface area (Å²) in [5, 5.41) is 9.13. The molecule has 6 heteroatoms. The van der Waals surface area contributed by atoms with Gasteiger partial charge >= 0.3 is 11.9 Å². The van der Waals surface area contributed by atoms with E-state index >= 15 is 0 Å². The minimum Gasteiger partial charge on any atom is -0.462 e. The summed E-state index contributed by atoms with van der Waals surface area (Å²) in [7, 11) is 0. The molecule has 0 aromatic rings. The molecule has 0 bridgehead atoms. The number of aliphatic hydroxyl groups excluding tert-OH is 1. The summed E-state index contributed by atoms with van der Waals surface area (Å²) in [6.07, 6.45) is 17.5. The molecule has 0 aromatic heterocycles. The van der Waals surface area contributed by atoms with Gasteiger partial charge in [0, 0.05) is 13.3 Å². The summed E-state index contributed by atoms with van der Waals surface area (Å²) in [4.78, 5) is 22.5. The minimum atomic E-state index is -0.772. The van der Waals surface area contributed by atoms with Gasteiger partial charge in [-0.2, -0.15) is 0 Å². The number of unbranched alkanes of at least 4 members (excludes halogenated alkanes) is 7. The average Bonchev–Trinajstić information content (AvgIpc) is 3.44. The van der Waals surface area contributed by atoms with E-state index in [2.05, 4.69) is 19.1 Å². The predicted molar refractivity (Wildman–Crippen MR) is 112 cm³/mol. The van der Waals surface area contributed by atoms with E-state index < -0.39 is 12.1 Å². The summed E-state index contributed by atoms with van der Waals surface area (Å²) < 4.78 is 15.5. The van der Waals surface area contributed by atoms with Crippen LogP contribution in [0.15, 0.2) is 12.2 Å². The Bertz CT molecular complexity index is 476. The molecule has 168 valence electrons. The van der Waals surface area contributed by atoms with E-state index in [1.165, 1.54) is 39.0 Å². The molecule has 0 aromatic carbocycles. The van der Waals surface area contributed by atoms with Gasteiger partial charge in [-0.3, -0.25) is 9.59 Å². The average molecular weight is 413 g/mol. The van der Waals surface area contributed by atoms with Crippen LogP contribution < -0.4 is 0 Å². The molecule has 6 nitrogen and oxygen atoms in total. The lowest BCUT2D eigenvalue weighted by Crippen LogP contribution is -2.28. The summed E-state index contributed by atoms with van der Waals surface area (Å²) in [6.45, 7) is 3.06. The third kappa shape index (κ3) is 14.3. The monoisotopic (exact) mass is 412 g/mol. The smallest absolute Gasteiger partial charge is 0.306 e. The molecular formula is C23H40O6. The number of aliphatic hydroxyl groups is 1. The van der Waals surface area contributed by atoms with E-state index in [1.807, 2.05) is 0 Å². The van der Waals surface area contributed by atoms with Crippen LogP contribution in [0.5, 0.6) is 0 Å². The quantitative estimate of drug-likeness (QED) is 0.155. The molecule has 1 heterocycles. The van der Waals surface area contributed by atoms with Crippen molar-refractivity contribution >= 4 is 11.9 Å². The van der Waals surface area contributed by atoms with Crippen LogP contribution >= 0.6 is 0 Å². The Kier molecular flexibility index (Phi) is 14.5. The highest BCUT2D eigenvalue weighted by molar-refractivity contribution is 5.69. The molecule has 29 heavy (non-hydrogen) atoms. The number of hydrogen-bond acceptors (Lipinski definition) is 6. The molecule has 0 radical (unpaired) electrons. The van der Waals surface area contributed by atoms with Gasteiger partial charge < -0.3 is 19.3 Å². The zero-order chi connectivity index (χ0) is 21.3. The fourth-order valence-corrected chi connectivity index (χ4v) is 3.23. The number of epoxide rings is 1. The molecule has 1 N–H and O–H groups in total. The molecular weight excluding hydrogens is 372 g/mol. The molecule has 0 amide bonds. The fraction of sp³-hybridized carbons (Fsp3) is 0.826. The van der Waals surface area contributed by atoms with E-state index in [4.69, 9.17) is 19.3 Å². The van der Waals surface area contributed by atoms with Crippen LogP contribution in [-0.2, 0) is 23.8 Å². The topological polar surface area (TPSA) is 85.4 Å². The van der Waals surface area contributed by atoms with Crippen LogP contribution in [0.25, 0.3) is 0 Å². The molecule has 1 aliphatic rings. The summed E-state index contributed by atoms with van der Waals surface area (Å²) in [5.74, 6) is -0.809. The van der Waals surface area contributed by atoms with Crippen molar-refractivity contribution in [2.45, 2.75) is 109 Å². The van der Waals surface area contributed by atoms with Gasteiger partial charge in [0.05, 0.1) is 18.8 Å². The van der Waals surface area contributed by atoms with Crippen molar-refractivity contribution < 1.29 is 28.9 Å². The first-order valence-corrected chi connectivity index (χ1v) is 11.3. The summed E-state index contributed by atoms with van der Waals surface area (Å²) in [5.41, 5.74) is 0. The standard InChI is InChI=1S/C23H40O6/c1-3-4-11-14-21-22(29-21)15-12-9-7-5-6-8-10-13-16-23(26)28-20(17-24)18-27-19(2)25/h9,12,20-22,24H,3-8,10-11,13-18H2,1-2H3/b12-9-/t20-,21?,22?/m0/s1. The maximum absolute atomic E-state index is 11.7. The Morgan fingerprint density at radius 1 is 1.03 bits per heavy atom. The van der Waals surface area contributed by atoms with Gasteiger partial charge in [0.1, 0.15) is 6.61 Å². The molecule has 0 saturated carbocycles. The van der Waals surface area contributed by atoms with Crippen molar-refractivity contribution in [1.29, 1.82) is 0 Å². The second kappa shape index (κ2) is 16.4. The molecule has 2 unspecified atom stereocenters. The van der Waals surface area contributed by atoms with Crippen molar-refractivity contribution in [2.75, 3.05) is 13.2 Å². The molecule has 0 aliphatic carbocycles. The Morgan fingerprint density at radius 2 is 1.79 bits per heavy atom. The molecule has 1 rings (SSSR count). The van der Waals surface area contributed by atoms with Crippen LogP contribution in [0.3, 0.4) is 0 Å². The predicted octanol–water partition coefficient (Wildman–Crippen LogP) is 4.48. The van der Waals surface area contributed by atoms with Crippen molar-refractivity contribution in [3.63, 3.8) is 0 Å². The largest absolute Gasteiger partial charge is 0.462 e. The van der Waals surface area contributed by atoms with Crippen LogP contribution in [-0.4, -0.2) is 48.6 Å². The summed E-state index contributed by atoms with van der Waals surface area (Å²) in [6, 6.07) is 0. The molecule has 1 aliphatic heterocycles. The first kappa shape index (κ1) is 25.6. The van der Waals surface area contributed by atoms with Crippen LogP contribution in [0, 0.1) is 0 Å².